The highest BCUT2D eigenvalue weighted by Crippen LogP contribution is 2.65. The lowest BCUT2D eigenvalue weighted by Crippen LogP contribution is -2.56. The summed E-state index contributed by atoms with van der Waals surface area (Å²) in [5.74, 6) is 3.03. The zero-order valence-electron chi connectivity index (χ0n) is 36.3. The third-order valence-electron chi connectivity index (χ3n) is 16.2. The highest BCUT2D eigenvalue weighted by atomic mass is 32.1. The van der Waals surface area contributed by atoms with Crippen LogP contribution >= 0.6 is 11.3 Å². The molecule has 0 saturated heterocycles. The molecule has 3 heteroatoms. The van der Waals surface area contributed by atoms with Gasteiger partial charge in [0.1, 0.15) is 0 Å². The molecular weight excluding hydrogens is 793 g/mol. The standard InChI is InChI=1S/C61H48N2S/c1-60(2)53-13-7-6-11-51(53)59-52(12-8-14-54(59)60)56-33-44(32-55(63-56)42-9-4-3-5-10-42)41-19-22-45(23-20-41)61(47-28-38-27-39(30-47)31-48(61)29-38)46-24-26-50-49-25-21-43(34-57(49)64-58(50)35-46)40-17-15-37(36-62)16-18-40/h3-26,32-35,38-39,47-48H,27-31H2,1-2H3. The van der Waals surface area contributed by atoms with Gasteiger partial charge in [-0.25, -0.2) is 4.98 Å². The molecule has 0 radical (unpaired) electrons. The van der Waals surface area contributed by atoms with Crippen molar-refractivity contribution in [2.75, 3.05) is 0 Å². The smallest absolute Gasteiger partial charge is 0.0991 e. The summed E-state index contributed by atoms with van der Waals surface area (Å²) in [7, 11) is 0. The monoisotopic (exact) mass is 840 g/mol. The summed E-state index contributed by atoms with van der Waals surface area (Å²) in [5.41, 5.74) is 18.1. The summed E-state index contributed by atoms with van der Waals surface area (Å²) >= 11 is 1.93. The van der Waals surface area contributed by atoms with E-state index in [0.717, 1.165) is 34.4 Å². The molecule has 0 N–H and O–H groups in total. The SMILES string of the molecule is CC1(C)c2ccccc2-c2c(-c3cc(-c4ccc(C5(c6ccc7c(c6)sc6cc(-c8ccc(C#N)cc8)ccc67)C6CC7CC(C6)CC5C7)cc4)cc(-c4ccccc4)n3)cccc21. The summed E-state index contributed by atoms with van der Waals surface area (Å²) in [6, 6.07) is 65.6. The van der Waals surface area contributed by atoms with Gasteiger partial charge in [-0.15, -0.1) is 11.3 Å². The molecule has 14 rings (SSSR count). The number of hydrogen-bond donors (Lipinski definition) is 0. The summed E-state index contributed by atoms with van der Waals surface area (Å²) in [6.07, 6.45) is 6.78. The first-order valence-corrected chi connectivity index (χ1v) is 24.1. The van der Waals surface area contributed by atoms with Crippen LogP contribution in [0.4, 0.5) is 0 Å². The van der Waals surface area contributed by atoms with Crippen LogP contribution in [-0.2, 0) is 10.8 Å². The van der Waals surface area contributed by atoms with Crippen LogP contribution in [-0.4, -0.2) is 4.98 Å². The van der Waals surface area contributed by atoms with Crippen LogP contribution in [0.25, 0.3) is 76.1 Å². The van der Waals surface area contributed by atoms with Gasteiger partial charge in [0.15, 0.2) is 0 Å². The van der Waals surface area contributed by atoms with Crippen molar-refractivity contribution in [1.29, 1.82) is 5.26 Å². The number of thiophene rings is 1. The minimum Gasteiger partial charge on any atom is -0.248 e. The quantitative estimate of drug-likeness (QED) is 0.167. The number of aromatic nitrogens is 1. The van der Waals surface area contributed by atoms with Crippen molar-refractivity contribution >= 4 is 31.5 Å². The summed E-state index contributed by atoms with van der Waals surface area (Å²) in [6.45, 7) is 4.71. The van der Waals surface area contributed by atoms with Gasteiger partial charge in [-0.2, -0.15) is 5.26 Å². The van der Waals surface area contributed by atoms with E-state index in [4.69, 9.17) is 4.98 Å². The van der Waals surface area contributed by atoms with Crippen molar-refractivity contribution in [3.05, 3.63) is 198 Å². The number of nitriles is 1. The second-order valence-electron chi connectivity index (χ2n) is 19.9. The minimum atomic E-state index is -0.0797. The van der Waals surface area contributed by atoms with E-state index in [1.807, 2.05) is 23.5 Å². The maximum Gasteiger partial charge on any atom is 0.0991 e. The van der Waals surface area contributed by atoms with Crippen LogP contribution in [0.2, 0.25) is 0 Å². The van der Waals surface area contributed by atoms with E-state index in [2.05, 4.69) is 178 Å². The van der Waals surface area contributed by atoms with Crippen molar-refractivity contribution in [2.24, 2.45) is 23.7 Å². The first-order valence-electron chi connectivity index (χ1n) is 23.2. The minimum absolute atomic E-state index is 0.00659. The molecule has 64 heavy (non-hydrogen) atoms. The van der Waals surface area contributed by atoms with Crippen LogP contribution in [0.1, 0.15) is 73.8 Å². The highest BCUT2D eigenvalue weighted by molar-refractivity contribution is 7.25. The van der Waals surface area contributed by atoms with Gasteiger partial charge in [0, 0.05) is 42.1 Å². The van der Waals surface area contributed by atoms with Crippen molar-refractivity contribution in [3.8, 4) is 62.0 Å². The third-order valence-corrected chi connectivity index (χ3v) is 17.3. The Bertz CT molecular complexity index is 3340. The Morgan fingerprint density at radius 3 is 1.84 bits per heavy atom. The van der Waals surface area contributed by atoms with Crippen LogP contribution in [0.15, 0.2) is 170 Å². The number of pyridine rings is 1. The molecule has 5 aliphatic carbocycles. The largest absolute Gasteiger partial charge is 0.248 e. The van der Waals surface area contributed by atoms with Gasteiger partial charge < -0.3 is 0 Å². The molecule has 2 nitrogen and oxygen atoms in total. The molecule has 0 atom stereocenters. The highest BCUT2D eigenvalue weighted by Gasteiger charge is 2.58. The fourth-order valence-electron chi connectivity index (χ4n) is 13.5. The first-order chi connectivity index (χ1) is 31.3. The van der Waals surface area contributed by atoms with Crippen molar-refractivity contribution < 1.29 is 0 Å². The van der Waals surface area contributed by atoms with Crippen molar-refractivity contribution in [1.82, 2.24) is 4.98 Å². The molecule has 4 fully saturated rings. The second-order valence-corrected chi connectivity index (χ2v) is 20.9. The maximum atomic E-state index is 9.35. The maximum absolute atomic E-state index is 9.35. The second kappa shape index (κ2) is 14.2. The zero-order chi connectivity index (χ0) is 42.7. The van der Waals surface area contributed by atoms with Gasteiger partial charge in [-0.1, -0.05) is 147 Å². The zero-order valence-corrected chi connectivity index (χ0v) is 37.1. The van der Waals surface area contributed by atoms with Crippen LogP contribution in [0.5, 0.6) is 0 Å². The Balaban J connectivity index is 0.930. The predicted octanol–water partition coefficient (Wildman–Crippen LogP) is 16.0. The van der Waals surface area contributed by atoms with Gasteiger partial charge in [-0.3, -0.25) is 0 Å². The molecule has 0 aliphatic heterocycles. The van der Waals surface area contributed by atoms with Gasteiger partial charge in [0.05, 0.1) is 23.0 Å². The number of benzene rings is 7. The van der Waals surface area contributed by atoms with Gasteiger partial charge >= 0.3 is 0 Å². The van der Waals surface area contributed by atoms with E-state index >= 15 is 0 Å². The molecule has 4 bridgehead atoms. The Morgan fingerprint density at radius 1 is 0.500 bits per heavy atom. The average molecular weight is 841 g/mol. The lowest BCUT2D eigenvalue weighted by atomic mass is 9.42. The molecule has 308 valence electrons. The van der Waals surface area contributed by atoms with E-state index in [1.54, 1.807) is 0 Å². The Hall–Kier alpha value is -6.60. The van der Waals surface area contributed by atoms with E-state index in [0.29, 0.717) is 17.4 Å². The lowest BCUT2D eigenvalue weighted by Gasteiger charge is -2.62. The molecule has 9 aromatic rings. The van der Waals surface area contributed by atoms with Crippen LogP contribution < -0.4 is 0 Å². The molecule has 0 spiro atoms. The number of rotatable bonds is 6. The Labute approximate surface area is 379 Å². The molecular formula is C61H48N2S. The Morgan fingerprint density at radius 2 is 1.09 bits per heavy atom. The number of nitrogens with zero attached hydrogens (tertiary/aromatic N) is 2. The van der Waals surface area contributed by atoms with E-state index in [9.17, 15) is 5.26 Å². The number of fused-ring (bicyclic) bond motifs is 6. The normalized spacial score (nSPS) is 22.4. The van der Waals surface area contributed by atoms with Gasteiger partial charge in [0.25, 0.3) is 0 Å². The van der Waals surface area contributed by atoms with Crippen LogP contribution in [0.3, 0.4) is 0 Å². The van der Waals surface area contributed by atoms with E-state index in [1.165, 1.54) is 108 Å². The molecule has 0 unspecified atom stereocenters. The summed E-state index contributed by atoms with van der Waals surface area (Å²) in [5, 5.41) is 12.0. The fraction of sp³-hybridized carbons (Fsp3) is 0.213. The molecule has 7 aromatic carbocycles. The lowest BCUT2D eigenvalue weighted by molar-refractivity contribution is -0.0417. The topological polar surface area (TPSA) is 36.7 Å². The predicted molar refractivity (Wildman–Crippen MR) is 265 cm³/mol. The molecule has 2 heterocycles. The summed E-state index contributed by atoms with van der Waals surface area (Å²) < 4.78 is 2.70. The molecule has 5 aliphatic rings. The van der Waals surface area contributed by atoms with Crippen LogP contribution in [0, 0.1) is 35.0 Å². The average Bonchev–Trinajstić information content (AvgIpc) is 3.82. The number of hydrogen-bond acceptors (Lipinski definition) is 3. The Kier molecular flexibility index (Phi) is 8.41. The van der Waals surface area contributed by atoms with Crippen molar-refractivity contribution in [3.63, 3.8) is 0 Å². The molecule has 0 amide bonds. The first kappa shape index (κ1) is 37.9. The van der Waals surface area contributed by atoms with Gasteiger partial charge in [0.2, 0.25) is 0 Å². The van der Waals surface area contributed by atoms with Crippen molar-refractivity contribution in [2.45, 2.75) is 56.8 Å². The third kappa shape index (κ3) is 5.65. The van der Waals surface area contributed by atoms with Gasteiger partial charge in [-0.05, 0) is 148 Å². The van der Waals surface area contributed by atoms with E-state index < -0.39 is 0 Å². The fourth-order valence-corrected chi connectivity index (χ4v) is 14.7. The molecule has 4 saturated carbocycles. The van der Waals surface area contributed by atoms with E-state index in [-0.39, 0.29) is 10.8 Å². The molecule has 2 aromatic heterocycles. The summed E-state index contributed by atoms with van der Waals surface area (Å²) in [4.78, 5) is 5.45.